The van der Waals surface area contributed by atoms with Crippen LogP contribution in [0.1, 0.15) is 22.3 Å². The van der Waals surface area contributed by atoms with E-state index in [0.29, 0.717) is 11.5 Å². The Hall–Kier alpha value is -3.16. The third-order valence-corrected chi connectivity index (χ3v) is 6.66. The Balaban J connectivity index is 1.50. The van der Waals surface area contributed by atoms with Crippen LogP contribution in [0.4, 0.5) is 0 Å². The Morgan fingerprint density at radius 3 is 2.56 bits per heavy atom. The van der Waals surface area contributed by atoms with E-state index in [9.17, 15) is 9.59 Å². The summed E-state index contributed by atoms with van der Waals surface area (Å²) in [5, 5.41) is 11.0. The summed E-state index contributed by atoms with van der Waals surface area (Å²) in [6.07, 6.45) is 1.74. The van der Waals surface area contributed by atoms with Crippen LogP contribution in [-0.2, 0) is 16.2 Å². The number of thiocarbonyl (C=S) groups is 1. The van der Waals surface area contributed by atoms with E-state index in [1.54, 1.807) is 6.08 Å². The molecule has 1 saturated heterocycles. The topological polar surface area (TPSA) is 66.8 Å². The first kappa shape index (κ1) is 22.0. The quantitative estimate of drug-likeness (QED) is 0.394. The van der Waals surface area contributed by atoms with Crippen LogP contribution in [0.25, 0.3) is 16.8 Å². The highest BCUT2D eigenvalue weighted by Gasteiger charge is 2.33. The van der Waals surface area contributed by atoms with Crippen LogP contribution < -0.4 is 4.74 Å². The SMILES string of the molecule is Cc1ccc(COc2ccc3cc(/C=C4\SC(=S)N(CC(=O)O)C4=O)ccc3c2)cc1C. The second-order valence-electron chi connectivity index (χ2n) is 7.64. The number of carbonyl (C=O) groups is 2. The lowest BCUT2D eigenvalue weighted by atomic mass is 10.1. The maximum atomic E-state index is 12.5. The molecule has 5 nitrogen and oxygen atoms in total. The summed E-state index contributed by atoms with van der Waals surface area (Å²) < 4.78 is 6.23. The minimum atomic E-state index is -1.09. The van der Waals surface area contributed by atoms with Crippen LogP contribution in [0.2, 0.25) is 0 Å². The standard InChI is InChI=1S/C25H21NO4S2/c1-15-3-4-18(9-16(15)2)14-30-21-8-7-19-10-17(5-6-20(19)12-21)11-22-24(29)26(13-23(27)28)25(31)32-22/h3-12H,13-14H2,1-2H3,(H,27,28)/b22-11-. The van der Waals surface area contributed by atoms with Gasteiger partial charge in [-0.2, -0.15) is 0 Å². The number of hydrogen-bond acceptors (Lipinski definition) is 5. The molecule has 1 amide bonds. The van der Waals surface area contributed by atoms with Crippen molar-refractivity contribution in [3.63, 3.8) is 0 Å². The number of aliphatic carboxylic acids is 1. The summed E-state index contributed by atoms with van der Waals surface area (Å²) >= 11 is 6.26. The van der Waals surface area contributed by atoms with Gasteiger partial charge in [0.2, 0.25) is 0 Å². The van der Waals surface area contributed by atoms with Crippen LogP contribution in [-0.4, -0.2) is 32.7 Å². The van der Waals surface area contributed by atoms with Crippen molar-refractivity contribution in [2.75, 3.05) is 6.54 Å². The van der Waals surface area contributed by atoms with Gasteiger partial charge in [-0.3, -0.25) is 14.5 Å². The van der Waals surface area contributed by atoms with Gasteiger partial charge in [-0.25, -0.2) is 0 Å². The molecule has 0 bridgehead atoms. The van der Waals surface area contributed by atoms with Crippen molar-refractivity contribution < 1.29 is 19.4 Å². The van der Waals surface area contributed by atoms with Gasteiger partial charge in [0.05, 0.1) is 4.91 Å². The summed E-state index contributed by atoms with van der Waals surface area (Å²) in [5.74, 6) is -0.681. The number of fused-ring (bicyclic) bond motifs is 1. The predicted octanol–water partition coefficient (Wildman–Crippen LogP) is 5.32. The lowest BCUT2D eigenvalue weighted by molar-refractivity contribution is -0.140. The van der Waals surface area contributed by atoms with Gasteiger partial charge < -0.3 is 9.84 Å². The van der Waals surface area contributed by atoms with Crippen molar-refractivity contribution in [2.45, 2.75) is 20.5 Å². The third-order valence-electron chi connectivity index (χ3n) is 5.28. The Bertz CT molecular complexity index is 1280. The predicted molar refractivity (Wildman–Crippen MR) is 132 cm³/mol. The zero-order chi connectivity index (χ0) is 22.8. The average molecular weight is 464 g/mol. The maximum Gasteiger partial charge on any atom is 0.323 e. The summed E-state index contributed by atoms with van der Waals surface area (Å²) in [6, 6.07) is 18.1. The molecule has 0 spiro atoms. The third kappa shape index (κ3) is 4.84. The number of aryl methyl sites for hydroxylation is 2. The summed E-state index contributed by atoms with van der Waals surface area (Å²) in [4.78, 5) is 24.9. The molecule has 1 N–H and O–H groups in total. The molecule has 1 fully saturated rings. The van der Waals surface area contributed by atoms with Crippen molar-refractivity contribution in [2.24, 2.45) is 0 Å². The van der Waals surface area contributed by atoms with Crippen molar-refractivity contribution in [3.05, 3.63) is 81.8 Å². The number of hydrogen-bond donors (Lipinski definition) is 1. The van der Waals surface area contributed by atoms with Crippen LogP contribution in [0.3, 0.4) is 0 Å². The average Bonchev–Trinajstić information content (AvgIpc) is 3.01. The van der Waals surface area contributed by atoms with E-state index in [-0.39, 0.29) is 10.2 Å². The van der Waals surface area contributed by atoms with Gasteiger partial charge >= 0.3 is 5.97 Å². The largest absolute Gasteiger partial charge is 0.489 e. The van der Waals surface area contributed by atoms with Crippen molar-refractivity contribution >= 4 is 57.0 Å². The van der Waals surface area contributed by atoms with E-state index < -0.39 is 12.5 Å². The Labute approximate surface area is 195 Å². The molecule has 0 radical (unpaired) electrons. The van der Waals surface area contributed by atoms with E-state index in [1.165, 1.54) is 11.1 Å². The molecule has 4 rings (SSSR count). The Kier molecular flexibility index (Phi) is 6.30. The highest BCUT2D eigenvalue weighted by atomic mass is 32.2. The number of nitrogens with zero attached hydrogens (tertiary/aromatic N) is 1. The minimum absolute atomic E-state index is 0.259. The van der Waals surface area contributed by atoms with Crippen LogP contribution in [0.15, 0.2) is 59.5 Å². The van der Waals surface area contributed by atoms with E-state index in [1.807, 2.05) is 36.4 Å². The summed E-state index contributed by atoms with van der Waals surface area (Å²) in [7, 11) is 0. The van der Waals surface area contributed by atoms with Crippen molar-refractivity contribution in [1.82, 2.24) is 4.90 Å². The van der Waals surface area contributed by atoms with Crippen LogP contribution in [0.5, 0.6) is 5.75 Å². The molecule has 7 heteroatoms. The molecule has 1 aliphatic rings. The number of carboxylic acid groups (broad SMARTS) is 1. The first-order chi connectivity index (χ1) is 15.3. The van der Waals surface area contributed by atoms with Crippen LogP contribution >= 0.6 is 24.0 Å². The first-order valence-corrected chi connectivity index (χ1v) is 11.2. The van der Waals surface area contributed by atoms with Gasteiger partial charge in [0.25, 0.3) is 5.91 Å². The molecule has 1 aliphatic heterocycles. The van der Waals surface area contributed by atoms with E-state index in [0.717, 1.165) is 44.3 Å². The normalized spacial score (nSPS) is 15.1. The van der Waals surface area contributed by atoms with Crippen molar-refractivity contribution in [1.29, 1.82) is 0 Å². The molecule has 0 atom stereocenters. The lowest BCUT2D eigenvalue weighted by Crippen LogP contribution is -2.33. The van der Waals surface area contributed by atoms with Gasteiger partial charge in [0, 0.05) is 0 Å². The molecule has 0 unspecified atom stereocenters. The van der Waals surface area contributed by atoms with E-state index in [4.69, 9.17) is 22.1 Å². The number of benzene rings is 3. The zero-order valence-corrected chi connectivity index (χ0v) is 19.3. The number of rotatable bonds is 6. The number of thioether (sulfide) groups is 1. The second-order valence-corrected chi connectivity index (χ2v) is 9.31. The van der Waals surface area contributed by atoms with Gasteiger partial charge in [0.15, 0.2) is 0 Å². The van der Waals surface area contributed by atoms with Gasteiger partial charge in [0.1, 0.15) is 23.2 Å². The maximum absolute atomic E-state index is 12.5. The Morgan fingerprint density at radius 2 is 1.81 bits per heavy atom. The van der Waals surface area contributed by atoms with Gasteiger partial charge in [-0.05, 0) is 71.1 Å². The van der Waals surface area contributed by atoms with E-state index in [2.05, 4.69) is 32.0 Å². The van der Waals surface area contributed by atoms with Gasteiger partial charge in [-0.1, -0.05) is 60.4 Å². The number of ether oxygens (including phenoxy) is 1. The molecule has 32 heavy (non-hydrogen) atoms. The molecular formula is C25H21NO4S2. The second kappa shape index (κ2) is 9.14. The van der Waals surface area contributed by atoms with Crippen LogP contribution in [0, 0.1) is 13.8 Å². The lowest BCUT2D eigenvalue weighted by Gasteiger charge is -2.10. The molecular weight excluding hydrogens is 442 g/mol. The number of carbonyl (C=O) groups excluding carboxylic acids is 1. The number of amides is 1. The zero-order valence-electron chi connectivity index (χ0n) is 17.6. The molecule has 3 aromatic rings. The molecule has 1 heterocycles. The Morgan fingerprint density at radius 1 is 1.06 bits per heavy atom. The monoisotopic (exact) mass is 463 g/mol. The highest BCUT2D eigenvalue weighted by Crippen LogP contribution is 2.33. The minimum Gasteiger partial charge on any atom is -0.489 e. The molecule has 0 saturated carbocycles. The molecule has 162 valence electrons. The summed E-state index contributed by atoms with van der Waals surface area (Å²) in [6.45, 7) is 4.26. The molecule has 3 aromatic carbocycles. The molecule has 0 aromatic heterocycles. The highest BCUT2D eigenvalue weighted by molar-refractivity contribution is 8.26. The fourth-order valence-corrected chi connectivity index (χ4v) is 4.66. The number of carboxylic acids is 1. The van der Waals surface area contributed by atoms with E-state index >= 15 is 0 Å². The molecule has 0 aliphatic carbocycles. The van der Waals surface area contributed by atoms with Gasteiger partial charge in [-0.15, -0.1) is 0 Å². The fourth-order valence-electron chi connectivity index (χ4n) is 3.40. The smallest absolute Gasteiger partial charge is 0.323 e. The fraction of sp³-hybridized carbons (Fsp3) is 0.160. The summed E-state index contributed by atoms with van der Waals surface area (Å²) in [5.41, 5.74) is 4.48. The first-order valence-electron chi connectivity index (χ1n) is 10.00. The van der Waals surface area contributed by atoms with Crippen molar-refractivity contribution in [3.8, 4) is 5.75 Å².